The second-order valence-corrected chi connectivity index (χ2v) is 9.79. The van der Waals surface area contributed by atoms with E-state index in [0.29, 0.717) is 37.7 Å². The van der Waals surface area contributed by atoms with Crippen molar-refractivity contribution in [1.29, 1.82) is 0 Å². The molecule has 0 amide bonds. The van der Waals surface area contributed by atoms with E-state index < -0.39 is 6.10 Å². The Labute approximate surface area is 202 Å². The van der Waals surface area contributed by atoms with Crippen molar-refractivity contribution < 1.29 is 14.6 Å². The Hall–Kier alpha value is -2.70. The third-order valence-electron chi connectivity index (χ3n) is 6.21. The molecular formula is C23H29N7O3S. The van der Waals surface area contributed by atoms with Crippen LogP contribution in [0, 0.1) is 0 Å². The number of rotatable bonds is 7. The van der Waals surface area contributed by atoms with Crippen molar-refractivity contribution in [3.05, 3.63) is 29.3 Å². The molecule has 0 unspecified atom stereocenters. The summed E-state index contributed by atoms with van der Waals surface area (Å²) < 4.78 is 6.65. The summed E-state index contributed by atoms with van der Waals surface area (Å²) in [4.78, 5) is 32.8. The number of fused-ring (bicyclic) bond motifs is 1. The molecule has 2 aliphatic heterocycles. The van der Waals surface area contributed by atoms with Crippen molar-refractivity contribution in [2.24, 2.45) is 0 Å². The molecule has 0 aromatic carbocycles. The summed E-state index contributed by atoms with van der Waals surface area (Å²) in [5.41, 5.74) is 7.55. The molecule has 34 heavy (non-hydrogen) atoms. The van der Waals surface area contributed by atoms with Gasteiger partial charge >= 0.3 is 0 Å². The van der Waals surface area contributed by atoms with Gasteiger partial charge in [-0.3, -0.25) is 9.80 Å². The fourth-order valence-corrected chi connectivity index (χ4v) is 5.51. The molecule has 0 bridgehead atoms. The minimum atomic E-state index is -0.906. The fourth-order valence-electron chi connectivity index (χ4n) is 4.36. The molecule has 0 aliphatic carbocycles. The van der Waals surface area contributed by atoms with Crippen LogP contribution in [0.4, 0.5) is 11.6 Å². The van der Waals surface area contributed by atoms with Crippen LogP contribution in [-0.2, 0) is 16.1 Å². The number of pyridine rings is 1. The minimum Gasteiger partial charge on any atom is -0.384 e. The first-order chi connectivity index (χ1) is 16.6. The smallest absolute Gasteiger partial charge is 0.163 e. The molecule has 2 fully saturated rings. The average Bonchev–Trinajstić information content (AvgIpc) is 3.28. The average molecular weight is 484 g/mol. The molecule has 1 atom stereocenters. The van der Waals surface area contributed by atoms with Crippen LogP contribution in [0.1, 0.15) is 4.88 Å². The number of aromatic nitrogens is 3. The number of nitrogens with two attached hydrogens (primary N) is 1. The van der Waals surface area contributed by atoms with Crippen molar-refractivity contribution in [3.8, 4) is 11.4 Å². The van der Waals surface area contributed by atoms with Gasteiger partial charge in [0.05, 0.1) is 23.4 Å². The van der Waals surface area contributed by atoms with Gasteiger partial charge in [-0.25, -0.2) is 15.0 Å². The molecule has 5 heterocycles. The lowest BCUT2D eigenvalue weighted by Crippen LogP contribution is -2.48. The van der Waals surface area contributed by atoms with E-state index in [1.54, 1.807) is 23.6 Å². The van der Waals surface area contributed by atoms with Gasteiger partial charge in [0.25, 0.3) is 0 Å². The molecule has 10 nitrogen and oxygen atoms in total. The number of aldehydes is 1. The van der Waals surface area contributed by atoms with Crippen LogP contribution in [0.15, 0.2) is 24.4 Å². The van der Waals surface area contributed by atoms with Gasteiger partial charge in [0.1, 0.15) is 18.2 Å². The lowest BCUT2D eigenvalue weighted by molar-refractivity contribution is -0.115. The zero-order valence-electron chi connectivity index (χ0n) is 19.0. The normalized spacial score (nSPS) is 18.9. The predicted octanol–water partition coefficient (Wildman–Crippen LogP) is 0.850. The minimum absolute atomic E-state index is 0.404. The molecular weight excluding hydrogens is 454 g/mol. The van der Waals surface area contributed by atoms with Gasteiger partial charge in [-0.05, 0) is 18.2 Å². The van der Waals surface area contributed by atoms with Gasteiger partial charge in [-0.2, -0.15) is 0 Å². The number of morpholine rings is 1. The zero-order valence-corrected chi connectivity index (χ0v) is 19.8. The number of hydrogen-bond acceptors (Lipinski definition) is 11. The zero-order chi connectivity index (χ0) is 23.5. The number of nitrogens with zero attached hydrogens (tertiary/aromatic N) is 6. The Balaban J connectivity index is 1.39. The molecule has 0 saturated carbocycles. The summed E-state index contributed by atoms with van der Waals surface area (Å²) in [6.07, 6.45) is 1.41. The summed E-state index contributed by atoms with van der Waals surface area (Å²) in [7, 11) is 0. The quantitative estimate of drug-likeness (QED) is 0.468. The number of piperazine rings is 1. The Bertz CT molecular complexity index is 1130. The van der Waals surface area contributed by atoms with Gasteiger partial charge in [-0.15, -0.1) is 11.3 Å². The van der Waals surface area contributed by atoms with Crippen LogP contribution in [-0.4, -0.2) is 101 Å². The molecule has 3 aromatic rings. The second kappa shape index (κ2) is 10.3. The number of carbonyl (C=O) groups excluding carboxylic acids is 1. The summed E-state index contributed by atoms with van der Waals surface area (Å²) in [5.74, 6) is 2.06. The predicted molar refractivity (Wildman–Crippen MR) is 132 cm³/mol. The first-order valence-electron chi connectivity index (χ1n) is 11.5. The summed E-state index contributed by atoms with van der Waals surface area (Å²) in [6, 6.07) is 5.84. The standard InChI is InChI=1S/C23H29N7O3S/c24-20-2-1-16(12-25-20)22-26-19-11-18(14-29-5-3-28(4-6-29)13-17(32)15-31)34-21(19)23(27-22)30-7-9-33-10-8-30/h1-2,11-12,15,17,32H,3-10,13-14H2,(H2,24,25)/t17-/m0/s1. The van der Waals surface area contributed by atoms with Crippen molar-refractivity contribution in [2.75, 3.05) is 69.7 Å². The summed E-state index contributed by atoms with van der Waals surface area (Å²) in [5, 5.41) is 9.59. The molecule has 3 N–H and O–H groups in total. The van der Waals surface area contributed by atoms with E-state index in [4.69, 9.17) is 20.4 Å². The second-order valence-electron chi connectivity index (χ2n) is 8.65. The molecule has 5 rings (SSSR count). The van der Waals surface area contributed by atoms with Crippen LogP contribution < -0.4 is 10.6 Å². The van der Waals surface area contributed by atoms with E-state index in [1.807, 2.05) is 6.07 Å². The van der Waals surface area contributed by atoms with E-state index >= 15 is 0 Å². The highest BCUT2D eigenvalue weighted by molar-refractivity contribution is 7.19. The number of hydrogen-bond donors (Lipinski definition) is 2. The van der Waals surface area contributed by atoms with Crippen LogP contribution in [0.5, 0.6) is 0 Å². The molecule has 2 saturated heterocycles. The Morgan fingerprint density at radius 2 is 1.88 bits per heavy atom. The molecule has 0 radical (unpaired) electrons. The van der Waals surface area contributed by atoms with E-state index in [-0.39, 0.29) is 0 Å². The SMILES string of the molecule is Nc1ccc(-c2nc(N3CCOCC3)c3sc(CN4CCN(C[C@H](O)C=O)CC4)cc3n2)cn1. The van der Waals surface area contributed by atoms with Crippen LogP contribution in [0.25, 0.3) is 21.6 Å². The van der Waals surface area contributed by atoms with Gasteiger partial charge < -0.3 is 25.3 Å². The first-order valence-corrected chi connectivity index (χ1v) is 12.3. The largest absolute Gasteiger partial charge is 0.384 e. The number of β-amino-alcohol motifs (C(OH)–C–C–N with tert-alkyl or cyclic N) is 1. The highest BCUT2D eigenvalue weighted by Crippen LogP contribution is 2.35. The number of ether oxygens (including phenoxy) is 1. The lowest BCUT2D eigenvalue weighted by atomic mass is 10.2. The van der Waals surface area contributed by atoms with Crippen molar-refractivity contribution >= 4 is 39.5 Å². The maximum atomic E-state index is 10.7. The van der Waals surface area contributed by atoms with Crippen molar-refractivity contribution in [3.63, 3.8) is 0 Å². The Morgan fingerprint density at radius 1 is 1.12 bits per heavy atom. The summed E-state index contributed by atoms with van der Waals surface area (Å²) in [6.45, 7) is 7.67. The van der Waals surface area contributed by atoms with Gasteiger partial charge in [0.2, 0.25) is 0 Å². The number of aliphatic hydroxyl groups excluding tert-OH is 1. The highest BCUT2D eigenvalue weighted by Gasteiger charge is 2.23. The number of anilines is 2. The molecule has 2 aliphatic rings. The van der Waals surface area contributed by atoms with Crippen LogP contribution in [0.3, 0.4) is 0 Å². The highest BCUT2D eigenvalue weighted by atomic mass is 32.1. The van der Waals surface area contributed by atoms with Gasteiger partial charge in [0.15, 0.2) is 11.6 Å². The topological polar surface area (TPSA) is 121 Å². The lowest BCUT2D eigenvalue weighted by Gasteiger charge is -2.34. The number of carbonyl (C=O) groups is 1. The maximum absolute atomic E-state index is 10.7. The third kappa shape index (κ3) is 5.18. The van der Waals surface area contributed by atoms with Crippen LogP contribution >= 0.6 is 11.3 Å². The molecule has 0 spiro atoms. The monoisotopic (exact) mass is 483 g/mol. The van der Waals surface area contributed by atoms with Crippen molar-refractivity contribution in [1.82, 2.24) is 24.8 Å². The van der Waals surface area contributed by atoms with Crippen LogP contribution in [0.2, 0.25) is 0 Å². The summed E-state index contributed by atoms with van der Waals surface area (Å²) >= 11 is 1.75. The first kappa shape index (κ1) is 23.1. The fraction of sp³-hybridized carbons (Fsp3) is 0.478. The Kier molecular flexibility index (Phi) is 6.97. The maximum Gasteiger partial charge on any atom is 0.163 e. The van der Waals surface area contributed by atoms with E-state index in [1.165, 1.54) is 4.88 Å². The molecule has 180 valence electrons. The van der Waals surface area contributed by atoms with Gasteiger partial charge in [0, 0.05) is 69.0 Å². The van der Waals surface area contributed by atoms with E-state index in [2.05, 4.69) is 25.8 Å². The number of thiophene rings is 1. The van der Waals surface area contributed by atoms with Crippen molar-refractivity contribution in [2.45, 2.75) is 12.6 Å². The number of nitrogen functional groups attached to an aromatic ring is 1. The van der Waals surface area contributed by atoms with E-state index in [0.717, 1.165) is 67.4 Å². The molecule has 3 aromatic heterocycles. The van der Waals surface area contributed by atoms with E-state index in [9.17, 15) is 9.90 Å². The third-order valence-corrected chi connectivity index (χ3v) is 7.31. The van der Waals surface area contributed by atoms with Gasteiger partial charge in [-0.1, -0.05) is 0 Å². The number of aliphatic hydroxyl groups is 1. The molecule has 11 heteroatoms. The Morgan fingerprint density at radius 3 is 2.59 bits per heavy atom.